The molecule has 0 unspecified atom stereocenters. The fourth-order valence-electron chi connectivity index (χ4n) is 2.34. The topological polar surface area (TPSA) is 44.5 Å². The monoisotopic (exact) mass is 275 g/mol. The highest BCUT2D eigenvalue weighted by atomic mass is 35.5. The maximum atomic E-state index is 6.30. The summed E-state index contributed by atoms with van der Waals surface area (Å²) in [7, 11) is 0. The van der Waals surface area contributed by atoms with Crippen molar-refractivity contribution < 1.29 is 9.47 Å². The molecule has 1 heterocycles. The Balaban J connectivity index is 2.19. The molecule has 0 atom stereocenters. The highest BCUT2D eigenvalue weighted by molar-refractivity contribution is 6.31. The molecule has 0 aliphatic carbocycles. The average Bonchev–Trinajstić information content (AvgIpc) is 2.93. The third-order valence-electron chi connectivity index (χ3n) is 3.19. The molecular formula is C15H14ClNO2. The summed E-state index contributed by atoms with van der Waals surface area (Å²) in [6.07, 6.45) is 0. The Morgan fingerprint density at radius 1 is 1.00 bits per heavy atom. The van der Waals surface area contributed by atoms with Gasteiger partial charge in [0.25, 0.3) is 0 Å². The number of hydrogen-bond acceptors (Lipinski definition) is 3. The van der Waals surface area contributed by atoms with Gasteiger partial charge in [0.15, 0.2) is 0 Å². The molecule has 19 heavy (non-hydrogen) atoms. The van der Waals surface area contributed by atoms with E-state index < -0.39 is 5.79 Å². The second-order valence-corrected chi connectivity index (χ2v) is 4.83. The molecule has 0 radical (unpaired) electrons. The zero-order chi connectivity index (χ0) is 13.3. The maximum Gasteiger partial charge on any atom is 0.224 e. The second kappa shape index (κ2) is 4.85. The number of halogens is 1. The van der Waals surface area contributed by atoms with Gasteiger partial charge in [0.1, 0.15) is 0 Å². The first-order chi connectivity index (χ1) is 9.22. The minimum Gasteiger partial charge on any atom is -0.399 e. The fraction of sp³-hybridized carbons (Fsp3) is 0.200. The lowest BCUT2D eigenvalue weighted by Gasteiger charge is -2.29. The van der Waals surface area contributed by atoms with Crippen molar-refractivity contribution >= 4 is 17.3 Å². The predicted octanol–water partition coefficient (Wildman–Crippen LogP) is 3.17. The number of ether oxygens (including phenoxy) is 2. The number of benzene rings is 2. The molecule has 1 fully saturated rings. The molecule has 1 aliphatic rings. The molecule has 98 valence electrons. The summed E-state index contributed by atoms with van der Waals surface area (Å²) in [5.74, 6) is -0.951. The summed E-state index contributed by atoms with van der Waals surface area (Å²) in [4.78, 5) is 0. The molecule has 0 spiro atoms. The van der Waals surface area contributed by atoms with Gasteiger partial charge in [-0.2, -0.15) is 0 Å². The molecule has 0 aromatic heterocycles. The highest BCUT2D eigenvalue weighted by Gasteiger charge is 2.42. The summed E-state index contributed by atoms with van der Waals surface area (Å²) in [6.45, 7) is 1.06. The molecule has 3 nitrogen and oxygen atoms in total. The second-order valence-electron chi connectivity index (χ2n) is 4.42. The summed E-state index contributed by atoms with van der Waals surface area (Å²) in [5, 5.41) is 0.583. The molecule has 4 heteroatoms. The molecule has 2 N–H and O–H groups in total. The average molecular weight is 276 g/mol. The van der Waals surface area contributed by atoms with Crippen LogP contribution in [0, 0.1) is 0 Å². The molecular weight excluding hydrogens is 262 g/mol. The zero-order valence-corrected chi connectivity index (χ0v) is 11.1. The van der Waals surface area contributed by atoms with E-state index in [9.17, 15) is 0 Å². The van der Waals surface area contributed by atoms with Crippen molar-refractivity contribution in [2.24, 2.45) is 0 Å². The van der Waals surface area contributed by atoms with Crippen LogP contribution >= 0.6 is 11.6 Å². The first-order valence-corrected chi connectivity index (χ1v) is 6.49. The standard InChI is InChI=1S/C15H14ClNO2/c16-14-7-6-12(17)10-13(14)15(18-8-9-19-15)11-4-2-1-3-5-11/h1-7,10H,8-9,17H2. The molecule has 0 bridgehead atoms. The van der Waals surface area contributed by atoms with Crippen molar-refractivity contribution in [1.29, 1.82) is 0 Å². The quantitative estimate of drug-likeness (QED) is 0.856. The van der Waals surface area contributed by atoms with E-state index in [1.54, 1.807) is 18.2 Å². The van der Waals surface area contributed by atoms with Gasteiger partial charge in [0.2, 0.25) is 5.79 Å². The van der Waals surface area contributed by atoms with Gasteiger partial charge in [-0.15, -0.1) is 0 Å². The highest BCUT2D eigenvalue weighted by Crippen LogP contribution is 2.42. The van der Waals surface area contributed by atoms with Gasteiger partial charge < -0.3 is 15.2 Å². The lowest BCUT2D eigenvalue weighted by atomic mass is 9.96. The van der Waals surface area contributed by atoms with E-state index in [1.807, 2.05) is 30.3 Å². The van der Waals surface area contributed by atoms with E-state index in [1.165, 1.54) is 0 Å². The zero-order valence-electron chi connectivity index (χ0n) is 10.3. The molecule has 3 rings (SSSR count). The maximum absolute atomic E-state index is 6.30. The van der Waals surface area contributed by atoms with Gasteiger partial charge in [0, 0.05) is 21.8 Å². The van der Waals surface area contributed by atoms with E-state index in [0.29, 0.717) is 23.9 Å². The number of nitrogen functional groups attached to an aromatic ring is 1. The first kappa shape index (κ1) is 12.5. The van der Waals surface area contributed by atoms with Gasteiger partial charge in [-0.3, -0.25) is 0 Å². The third-order valence-corrected chi connectivity index (χ3v) is 3.52. The van der Waals surface area contributed by atoms with Crippen LogP contribution in [0.15, 0.2) is 48.5 Å². The van der Waals surface area contributed by atoms with Gasteiger partial charge in [-0.1, -0.05) is 41.9 Å². The third kappa shape index (κ3) is 2.10. The Morgan fingerprint density at radius 3 is 2.37 bits per heavy atom. The van der Waals surface area contributed by atoms with Crippen LogP contribution < -0.4 is 5.73 Å². The summed E-state index contributed by atoms with van der Waals surface area (Å²) in [6, 6.07) is 15.1. The smallest absolute Gasteiger partial charge is 0.224 e. The van der Waals surface area contributed by atoms with Crippen molar-refractivity contribution in [2.45, 2.75) is 5.79 Å². The Bertz CT molecular complexity index is 580. The van der Waals surface area contributed by atoms with Crippen LogP contribution in [0.3, 0.4) is 0 Å². The Morgan fingerprint density at radius 2 is 1.68 bits per heavy atom. The molecule has 1 aliphatic heterocycles. The van der Waals surface area contributed by atoms with Crippen molar-refractivity contribution in [1.82, 2.24) is 0 Å². The SMILES string of the molecule is Nc1ccc(Cl)c(C2(c3ccccc3)OCCO2)c1. The minimum atomic E-state index is -0.951. The summed E-state index contributed by atoms with van der Waals surface area (Å²) >= 11 is 6.30. The molecule has 0 amide bonds. The van der Waals surface area contributed by atoms with Crippen LogP contribution in [-0.2, 0) is 15.3 Å². The van der Waals surface area contributed by atoms with Gasteiger partial charge in [-0.05, 0) is 18.2 Å². The molecule has 2 aromatic carbocycles. The Hall–Kier alpha value is -1.55. The van der Waals surface area contributed by atoms with Gasteiger partial charge in [-0.25, -0.2) is 0 Å². The van der Waals surface area contributed by atoms with Crippen LogP contribution in [0.1, 0.15) is 11.1 Å². The number of rotatable bonds is 2. The van der Waals surface area contributed by atoms with Crippen LogP contribution in [-0.4, -0.2) is 13.2 Å². The minimum absolute atomic E-state index is 0.528. The Kier molecular flexibility index (Phi) is 3.19. The summed E-state index contributed by atoms with van der Waals surface area (Å²) in [5.41, 5.74) is 8.16. The molecule has 1 saturated heterocycles. The van der Waals surface area contributed by atoms with Crippen molar-refractivity contribution in [3.05, 3.63) is 64.7 Å². The largest absolute Gasteiger partial charge is 0.399 e. The van der Waals surface area contributed by atoms with Gasteiger partial charge in [0.05, 0.1) is 13.2 Å². The predicted molar refractivity (Wildman–Crippen MR) is 75.0 cm³/mol. The van der Waals surface area contributed by atoms with Gasteiger partial charge >= 0.3 is 0 Å². The molecule has 2 aromatic rings. The van der Waals surface area contributed by atoms with E-state index in [4.69, 9.17) is 26.8 Å². The van der Waals surface area contributed by atoms with E-state index in [0.717, 1.165) is 11.1 Å². The van der Waals surface area contributed by atoms with Crippen molar-refractivity contribution in [3.8, 4) is 0 Å². The van der Waals surface area contributed by atoms with E-state index in [2.05, 4.69) is 0 Å². The Labute approximate surface area is 116 Å². The van der Waals surface area contributed by atoms with Crippen LogP contribution in [0.2, 0.25) is 5.02 Å². The van der Waals surface area contributed by atoms with E-state index in [-0.39, 0.29) is 0 Å². The summed E-state index contributed by atoms with van der Waals surface area (Å²) < 4.78 is 11.8. The lowest BCUT2D eigenvalue weighted by Crippen LogP contribution is -2.29. The number of anilines is 1. The van der Waals surface area contributed by atoms with Crippen LogP contribution in [0.5, 0.6) is 0 Å². The normalized spacial score (nSPS) is 17.5. The fourth-order valence-corrected chi connectivity index (χ4v) is 2.58. The first-order valence-electron chi connectivity index (χ1n) is 6.11. The lowest BCUT2D eigenvalue weighted by molar-refractivity contribution is -0.129. The van der Waals surface area contributed by atoms with E-state index >= 15 is 0 Å². The van der Waals surface area contributed by atoms with Crippen molar-refractivity contribution in [2.75, 3.05) is 18.9 Å². The number of nitrogens with two attached hydrogens (primary N) is 1. The number of hydrogen-bond donors (Lipinski definition) is 1. The van der Waals surface area contributed by atoms with Crippen LogP contribution in [0.25, 0.3) is 0 Å². The molecule has 0 saturated carbocycles. The van der Waals surface area contributed by atoms with Crippen molar-refractivity contribution in [3.63, 3.8) is 0 Å². The van der Waals surface area contributed by atoms with Crippen LogP contribution in [0.4, 0.5) is 5.69 Å².